The van der Waals surface area contributed by atoms with E-state index < -0.39 is 5.97 Å². The number of benzene rings is 2. The highest BCUT2D eigenvalue weighted by Gasteiger charge is 2.14. The Labute approximate surface area is 124 Å². The summed E-state index contributed by atoms with van der Waals surface area (Å²) in [6, 6.07) is 11.8. The summed E-state index contributed by atoms with van der Waals surface area (Å²) in [6.45, 7) is 6.57. The number of hydrogen-bond donors (Lipinski definition) is 2. The van der Waals surface area contributed by atoms with Crippen LogP contribution < -0.4 is 10.1 Å². The molecule has 2 aromatic carbocycles. The van der Waals surface area contributed by atoms with E-state index in [2.05, 4.69) is 26.1 Å². The maximum absolute atomic E-state index is 10.7. The van der Waals surface area contributed by atoms with Gasteiger partial charge < -0.3 is 15.2 Å². The van der Waals surface area contributed by atoms with Gasteiger partial charge in [-0.15, -0.1) is 0 Å². The summed E-state index contributed by atoms with van der Waals surface area (Å²) in [5, 5.41) is 14.4. The molecule has 4 heteroatoms. The van der Waals surface area contributed by atoms with Crippen molar-refractivity contribution in [1.29, 1.82) is 0 Å². The average Bonchev–Trinajstić information content (AvgIpc) is 2.42. The SMILES string of the molecule is CC(C)(C)NCc1c(OCC(=O)O)ccc2ccccc12. The highest BCUT2D eigenvalue weighted by atomic mass is 16.5. The fourth-order valence-electron chi connectivity index (χ4n) is 2.13. The standard InChI is InChI=1S/C17H21NO3/c1-17(2,3)18-10-14-13-7-5-4-6-12(13)8-9-15(14)21-11-16(19)20/h4-9,18H,10-11H2,1-3H3,(H,19,20). The minimum Gasteiger partial charge on any atom is -0.482 e. The van der Waals surface area contributed by atoms with Crippen LogP contribution in [0.15, 0.2) is 36.4 Å². The van der Waals surface area contributed by atoms with Gasteiger partial charge in [-0.3, -0.25) is 0 Å². The summed E-state index contributed by atoms with van der Waals surface area (Å²) in [5.74, 6) is -0.356. The smallest absolute Gasteiger partial charge is 0.341 e. The van der Waals surface area contributed by atoms with Gasteiger partial charge in [0, 0.05) is 17.6 Å². The number of carboxylic acids is 1. The normalized spacial score (nSPS) is 11.6. The molecule has 0 aromatic heterocycles. The molecule has 0 atom stereocenters. The number of aliphatic carboxylic acids is 1. The van der Waals surface area contributed by atoms with Crippen LogP contribution in [0.5, 0.6) is 5.75 Å². The van der Waals surface area contributed by atoms with E-state index in [9.17, 15) is 4.79 Å². The monoisotopic (exact) mass is 287 g/mol. The zero-order valence-corrected chi connectivity index (χ0v) is 12.6. The Kier molecular flexibility index (Phi) is 4.48. The minimum absolute atomic E-state index is 0.0268. The maximum Gasteiger partial charge on any atom is 0.341 e. The van der Waals surface area contributed by atoms with Crippen molar-refractivity contribution in [1.82, 2.24) is 5.32 Å². The molecule has 0 saturated heterocycles. The molecule has 21 heavy (non-hydrogen) atoms. The average molecular weight is 287 g/mol. The molecule has 2 rings (SSSR count). The quantitative estimate of drug-likeness (QED) is 0.886. The second-order valence-electron chi connectivity index (χ2n) is 6.05. The molecule has 0 radical (unpaired) electrons. The second-order valence-corrected chi connectivity index (χ2v) is 6.05. The van der Waals surface area contributed by atoms with Gasteiger partial charge in [-0.05, 0) is 37.6 Å². The summed E-state index contributed by atoms with van der Waals surface area (Å²) in [7, 11) is 0. The first kappa shape index (κ1) is 15.3. The number of ether oxygens (including phenoxy) is 1. The Morgan fingerprint density at radius 1 is 1.19 bits per heavy atom. The molecule has 0 fully saturated rings. The fourth-order valence-corrected chi connectivity index (χ4v) is 2.13. The zero-order chi connectivity index (χ0) is 15.5. The van der Waals surface area contributed by atoms with Crippen molar-refractivity contribution in [3.05, 3.63) is 42.0 Å². The van der Waals surface area contributed by atoms with Gasteiger partial charge in [-0.25, -0.2) is 4.79 Å². The first-order valence-corrected chi connectivity index (χ1v) is 6.97. The van der Waals surface area contributed by atoms with Crippen LogP contribution in [0.4, 0.5) is 0 Å². The van der Waals surface area contributed by atoms with Gasteiger partial charge in [0.05, 0.1) is 0 Å². The van der Waals surface area contributed by atoms with E-state index in [1.54, 1.807) is 0 Å². The van der Waals surface area contributed by atoms with Gasteiger partial charge >= 0.3 is 5.97 Å². The number of carbonyl (C=O) groups is 1. The lowest BCUT2D eigenvalue weighted by atomic mass is 10.0. The first-order chi connectivity index (χ1) is 9.87. The van der Waals surface area contributed by atoms with Crippen molar-refractivity contribution in [2.45, 2.75) is 32.9 Å². The molecule has 0 bridgehead atoms. The molecule has 0 spiro atoms. The van der Waals surface area contributed by atoms with Gasteiger partial charge in [-0.2, -0.15) is 0 Å². The lowest BCUT2D eigenvalue weighted by Crippen LogP contribution is -2.35. The topological polar surface area (TPSA) is 58.6 Å². The highest BCUT2D eigenvalue weighted by Crippen LogP contribution is 2.28. The number of nitrogens with one attached hydrogen (secondary N) is 1. The van der Waals surface area contributed by atoms with Crippen LogP contribution in [0.25, 0.3) is 10.8 Å². The van der Waals surface area contributed by atoms with Crippen LogP contribution in [-0.2, 0) is 11.3 Å². The van der Waals surface area contributed by atoms with Crippen molar-refractivity contribution >= 4 is 16.7 Å². The first-order valence-electron chi connectivity index (χ1n) is 6.97. The number of rotatable bonds is 5. The number of carboxylic acid groups (broad SMARTS) is 1. The largest absolute Gasteiger partial charge is 0.482 e. The number of hydrogen-bond acceptors (Lipinski definition) is 3. The van der Waals surface area contributed by atoms with Gasteiger partial charge in [0.25, 0.3) is 0 Å². The Bertz CT molecular complexity index is 644. The third-order valence-electron chi connectivity index (χ3n) is 3.14. The van der Waals surface area contributed by atoms with Gasteiger partial charge in [0.1, 0.15) is 5.75 Å². The van der Waals surface area contributed by atoms with Crippen molar-refractivity contribution in [3.63, 3.8) is 0 Å². The van der Waals surface area contributed by atoms with E-state index in [0.717, 1.165) is 16.3 Å². The van der Waals surface area contributed by atoms with Crippen molar-refractivity contribution in [2.24, 2.45) is 0 Å². The molecule has 0 unspecified atom stereocenters. The van der Waals surface area contributed by atoms with Gasteiger partial charge in [0.15, 0.2) is 6.61 Å². The molecule has 0 aliphatic rings. The predicted octanol–water partition coefficient (Wildman–Crippen LogP) is 3.19. The molecule has 112 valence electrons. The number of fused-ring (bicyclic) bond motifs is 1. The Morgan fingerprint density at radius 3 is 2.57 bits per heavy atom. The predicted molar refractivity (Wildman–Crippen MR) is 83.7 cm³/mol. The van der Waals surface area contributed by atoms with Crippen LogP contribution >= 0.6 is 0 Å². The van der Waals surface area contributed by atoms with Crippen molar-refractivity contribution < 1.29 is 14.6 Å². The Morgan fingerprint density at radius 2 is 1.90 bits per heavy atom. The summed E-state index contributed by atoms with van der Waals surface area (Å²) in [6.07, 6.45) is 0. The van der Waals surface area contributed by atoms with Crippen LogP contribution in [0, 0.1) is 0 Å². The summed E-state index contributed by atoms with van der Waals surface area (Å²) < 4.78 is 5.43. The summed E-state index contributed by atoms with van der Waals surface area (Å²) in [5.41, 5.74) is 0.963. The molecular formula is C17H21NO3. The van der Waals surface area contributed by atoms with Crippen LogP contribution in [0.2, 0.25) is 0 Å². The molecule has 0 amide bonds. The van der Waals surface area contributed by atoms with E-state index in [-0.39, 0.29) is 12.1 Å². The molecule has 0 aliphatic heterocycles. The highest BCUT2D eigenvalue weighted by molar-refractivity contribution is 5.87. The molecule has 2 aromatic rings. The second kappa shape index (κ2) is 6.14. The molecular weight excluding hydrogens is 266 g/mol. The molecule has 0 saturated carbocycles. The summed E-state index contributed by atoms with van der Waals surface area (Å²) in [4.78, 5) is 10.7. The lowest BCUT2D eigenvalue weighted by molar-refractivity contribution is -0.139. The van der Waals surface area contributed by atoms with Gasteiger partial charge in [0.2, 0.25) is 0 Å². The van der Waals surface area contributed by atoms with E-state index >= 15 is 0 Å². The van der Waals surface area contributed by atoms with Crippen molar-refractivity contribution in [2.75, 3.05) is 6.61 Å². The molecule has 0 aliphatic carbocycles. The van der Waals surface area contributed by atoms with E-state index in [4.69, 9.17) is 9.84 Å². The minimum atomic E-state index is -0.974. The van der Waals surface area contributed by atoms with Crippen LogP contribution in [0.3, 0.4) is 0 Å². The van der Waals surface area contributed by atoms with Gasteiger partial charge in [-0.1, -0.05) is 30.3 Å². The zero-order valence-electron chi connectivity index (χ0n) is 12.6. The maximum atomic E-state index is 10.7. The lowest BCUT2D eigenvalue weighted by Gasteiger charge is -2.22. The third kappa shape index (κ3) is 4.20. The van der Waals surface area contributed by atoms with Crippen molar-refractivity contribution in [3.8, 4) is 5.75 Å². The Balaban J connectivity index is 2.39. The molecule has 0 heterocycles. The van der Waals surface area contributed by atoms with E-state index in [0.29, 0.717) is 12.3 Å². The van der Waals surface area contributed by atoms with E-state index in [1.807, 2.05) is 36.4 Å². The molecule has 2 N–H and O–H groups in total. The fraction of sp³-hybridized carbons (Fsp3) is 0.353. The van der Waals surface area contributed by atoms with Crippen LogP contribution in [-0.4, -0.2) is 23.2 Å². The third-order valence-corrected chi connectivity index (χ3v) is 3.14. The Hall–Kier alpha value is -2.07. The molecule has 4 nitrogen and oxygen atoms in total. The summed E-state index contributed by atoms with van der Waals surface area (Å²) >= 11 is 0. The van der Waals surface area contributed by atoms with E-state index in [1.165, 1.54) is 0 Å². The van der Waals surface area contributed by atoms with Crippen LogP contribution in [0.1, 0.15) is 26.3 Å².